The summed E-state index contributed by atoms with van der Waals surface area (Å²) in [7, 11) is 0. The van der Waals surface area contributed by atoms with Crippen LogP contribution in [-0.2, 0) is 15.9 Å². The highest BCUT2D eigenvalue weighted by molar-refractivity contribution is 7.12. The number of aryl methyl sites for hydroxylation is 2. The lowest BCUT2D eigenvalue weighted by Gasteiger charge is -2.24. The minimum Gasteiger partial charge on any atom is -0.434 e. The van der Waals surface area contributed by atoms with E-state index in [-0.39, 0.29) is 0 Å². The molecule has 1 aromatic heterocycles. The van der Waals surface area contributed by atoms with Gasteiger partial charge in [0.25, 0.3) is 0 Å². The molecule has 1 heterocycles. The van der Waals surface area contributed by atoms with Crippen LogP contribution in [0.25, 0.3) is 0 Å². The Labute approximate surface area is 126 Å². The van der Waals surface area contributed by atoms with Crippen molar-refractivity contribution in [2.45, 2.75) is 65.9 Å². The van der Waals surface area contributed by atoms with Crippen molar-refractivity contribution in [2.24, 2.45) is 0 Å². The van der Waals surface area contributed by atoms with E-state index in [1.807, 2.05) is 13.8 Å². The van der Waals surface area contributed by atoms with Crippen molar-refractivity contribution in [1.29, 1.82) is 0 Å². The van der Waals surface area contributed by atoms with Crippen LogP contribution in [0.5, 0.6) is 0 Å². The Kier molecular flexibility index (Phi) is 6.53. The molecule has 0 radical (unpaired) electrons. The maximum atomic E-state index is 11.7. The van der Waals surface area contributed by atoms with Crippen LogP contribution in [0.15, 0.2) is 6.07 Å². The molecule has 4 heteroatoms. The second kappa shape index (κ2) is 7.67. The van der Waals surface area contributed by atoms with Gasteiger partial charge in [0, 0.05) is 16.2 Å². The first kappa shape index (κ1) is 17.0. The Morgan fingerprint density at radius 1 is 1.35 bits per heavy atom. The normalized spacial score (nSPS) is 11.4. The Morgan fingerprint density at radius 2 is 2.05 bits per heavy atom. The zero-order chi connectivity index (χ0) is 15.2. The summed E-state index contributed by atoms with van der Waals surface area (Å²) in [6.45, 7) is 10.5. The van der Waals surface area contributed by atoms with Gasteiger partial charge in [-0.15, -0.1) is 11.3 Å². The van der Waals surface area contributed by atoms with E-state index in [9.17, 15) is 4.79 Å². The average molecular weight is 298 g/mol. The quantitative estimate of drug-likeness (QED) is 0.662. The molecule has 0 aromatic carbocycles. The van der Waals surface area contributed by atoms with Crippen molar-refractivity contribution < 1.29 is 14.3 Å². The summed E-state index contributed by atoms with van der Waals surface area (Å²) in [6.07, 6.45) is 3.20. The molecule has 0 unspecified atom stereocenters. The first-order valence-corrected chi connectivity index (χ1v) is 8.07. The first-order valence-electron chi connectivity index (χ1n) is 7.25. The van der Waals surface area contributed by atoms with Gasteiger partial charge in [0.1, 0.15) is 5.60 Å². The van der Waals surface area contributed by atoms with E-state index in [1.165, 1.54) is 15.3 Å². The summed E-state index contributed by atoms with van der Waals surface area (Å²) < 4.78 is 10.5. The fourth-order valence-electron chi connectivity index (χ4n) is 2.08. The van der Waals surface area contributed by atoms with Gasteiger partial charge < -0.3 is 9.47 Å². The summed E-state index contributed by atoms with van der Waals surface area (Å²) in [5.74, 6) is 0. The second-order valence-electron chi connectivity index (χ2n) is 5.75. The molecule has 0 fully saturated rings. The predicted octanol–water partition coefficient (Wildman–Crippen LogP) is 5.03. The topological polar surface area (TPSA) is 35.5 Å². The summed E-state index contributed by atoms with van der Waals surface area (Å²) in [6, 6.07) is 2.15. The summed E-state index contributed by atoms with van der Waals surface area (Å²) in [5.41, 5.74) is 0.813. The molecule has 0 bridgehead atoms. The summed E-state index contributed by atoms with van der Waals surface area (Å²) >= 11 is 1.78. The van der Waals surface area contributed by atoms with E-state index in [0.717, 1.165) is 25.7 Å². The number of hydrogen-bond acceptors (Lipinski definition) is 4. The van der Waals surface area contributed by atoms with E-state index < -0.39 is 11.8 Å². The van der Waals surface area contributed by atoms with Crippen LogP contribution in [0.1, 0.15) is 55.4 Å². The molecule has 0 aliphatic heterocycles. The fraction of sp³-hybridized carbons (Fsp3) is 0.688. The van der Waals surface area contributed by atoms with Gasteiger partial charge in [-0.2, -0.15) is 0 Å². The molecule has 0 aliphatic carbocycles. The van der Waals surface area contributed by atoms with Crippen LogP contribution < -0.4 is 0 Å². The minimum atomic E-state index is -0.560. The van der Waals surface area contributed by atoms with E-state index in [4.69, 9.17) is 9.47 Å². The lowest BCUT2D eigenvalue weighted by Crippen LogP contribution is -2.28. The first-order chi connectivity index (χ1) is 9.34. The lowest BCUT2D eigenvalue weighted by atomic mass is 10.0. The van der Waals surface area contributed by atoms with Crippen LogP contribution in [0.2, 0.25) is 0 Å². The molecule has 0 saturated heterocycles. The molecule has 0 saturated carbocycles. The average Bonchev–Trinajstić information content (AvgIpc) is 2.65. The van der Waals surface area contributed by atoms with Gasteiger partial charge >= 0.3 is 6.16 Å². The third-order valence-corrected chi connectivity index (χ3v) is 4.24. The van der Waals surface area contributed by atoms with Gasteiger partial charge in [0.15, 0.2) is 0 Å². The highest BCUT2D eigenvalue weighted by atomic mass is 32.1. The van der Waals surface area contributed by atoms with Crippen molar-refractivity contribution >= 4 is 17.5 Å². The minimum absolute atomic E-state index is 0.375. The summed E-state index contributed by atoms with van der Waals surface area (Å²) in [4.78, 5) is 14.2. The fourth-order valence-corrected chi connectivity index (χ4v) is 3.06. The lowest BCUT2D eigenvalue weighted by molar-refractivity contribution is -0.0208. The molecule has 0 aliphatic rings. The molecule has 0 amide bonds. The Balaban J connectivity index is 2.31. The van der Waals surface area contributed by atoms with Crippen molar-refractivity contribution in [3.63, 3.8) is 0 Å². The van der Waals surface area contributed by atoms with Crippen molar-refractivity contribution in [3.8, 4) is 0 Å². The van der Waals surface area contributed by atoms with Crippen LogP contribution in [0.4, 0.5) is 4.79 Å². The second-order valence-corrected chi connectivity index (χ2v) is 7.21. The van der Waals surface area contributed by atoms with Crippen LogP contribution in [0.3, 0.4) is 0 Å². The van der Waals surface area contributed by atoms with E-state index in [2.05, 4.69) is 26.8 Å². The highest BCUT2D eigenvalue weighted by Gasteiger charge is 2.23. The van der Waals surface area contributed by atoms with Gasteiger partial charge in [-0.25, -0.2) is 4.79 Å². The molecule has 0 spiro atoms. The van der Waals surface area contributed by atoms with Crippen LogP contribution >= 0.6 is 11.3 Å². The van der Waals surface area contributed by atoms with Crippen molar-refractivity contribution in [2.75, 3.05) is 6.61 Å². The van der Waals surface area contributed by atoms with E-state index in [0.29, 0.717) is 6.61 Å². The number of hydrogen-bond donors (Lipinski definition) is 0. The molecular formula is C16H26O3S. The van der Waals surface area contributed by atoms with Gasteiger partial charge in [-0.3, -0.25) is 0 Å². The number of rotatable bonds is 7. The monoisotopic (exact) mass is 298 g/mol. The molecular weight excluding hydrogens is 272 g/mol. The zero-order valence-electron chi connectivity index (χ0n) is 13.2. The molecule has 114 valence electrons. The maximum absolute atomic E-state index is 11.7. The number of thiophene rings is 1. The Bertz CT molecular complexity index is 435. The molecule has 1 rings (SSSR count). The SMILES string of the molecule is CCCCC(C)(C)OC(=O)OCCc1cc(C)sc1C. The number of ether oxygens (including phenoxy) is 2. The van der Waals surface area contributed by atoms with Crippen LogP contribution in [-0.4, -0.2) is 18.4 Å². The number of carbonyl (C=O) groups is 1. The molecule has 0 atom stereocenters. The van der Waals surface area contributed by atoms with Gasteiger partial charge in [0.05, 0.1) is 6.61 Å². The highest BCUT2D eigenvalue weighted by Crippen LogP contribution is 2.21. The molecule has 20 heavy (non-hydrogen) atoms. The number of carbonyl (C=O) groups excluding carboxylic acids is 1. The van der Waals surface area contributed by atoms with Crippen molar-refractivity contribution in [1.82, 2.24) is 0 Å². The van der Waals surface area contributed by atoms with E-state index >= 15 is 0 Å². The molecule has 0 N–H and O–H groups in total. The standard InChI is InChI=1S/C16H26O3S/c1-6-7-9-16(4,5)19-15(17)18-10-8-14-11-12(2)20-13(14)3/h11H,6-10H2,1-5H3. The smallest absolute Gasteiger partial charge is 0.434 e. The number of unbranched alkanes of at least 4 members (excludes halogenated alkanes) is 1. The molecule has 1 aromatic rings. The third kappa shape index (κ3) is 5.95. The largest absolute Gasteiger partial charge is 0.508 e. The van der Waals surface area contributed by atoms with Crippen molar-refractivity contribution in [3.05, 3.63) is 21.4 Å². The summed E-state index contributed by atoms with van der Waals surface area (Å²) in [5, 5.41) is 0. The van der Waals surface area contributed by atoms with E-state index in [1.54, 1.807) is 11.3 Å². The zero-order valence-corrected chi connectivity index (χ0v) is 14.1. The Hall–Kier alpha value is -1.03. The van der Waals surface area contributed by atoms with Gasteiger partial charge in [0.2, 0.25) is 0 Å². The van der Waals surface area contributed by atoms with Crippen LogP contribution in [0, 0.1) is 13.8 Å². The maximum Gasteiger partial charge on any atom is 0.508 e. The molecule has 3 nitrogen and oxygen atoms in total. The Morgan fingerprint density at radius 3 is 2.60 bits per heavy atom. The van der Waals surface area contributed by atoms with Gasteiger partial charge in [-0.1, -0.05) is 13.3 Å². The predicted molar refractivity (Wildman–Crippen MR) is 83.5 cm³/mol. The van der Waals surface area contributed by atoms with Gasteiger partial charge in [-0.05, 0) is 52.2 Å². The third-order valence-electron chi connectivity index (χ3n) is 3.23.